The van der Waals surface area contributed by atoms with E-state index in [1.165, 1.54) is 21.3 Å². The third-order valence-corrected chi connectivity index (χ3v) is 4.91. The van der Waals surface area contributed by atoms with E-state index in [0.29, 0.717) is 47.0 Å². The summed E-state index contributed by atoms with van der Waals surface area (Å²) in [5.41, 5.74) is 7.28. The molecule has 2 atom stereocenters. The monoisotopic (exact) mass is 370 g/mol. The number of carbonyl (C=O) groups is 1. The number of nitrogens with two attached hydrogens (primary N) is 1. The zero-order chi connectivity index (χ0) is 19.7. The van der Waals surface area contributed by atoms with Crippen molar-refractivity contribution in [2.75, 3.05) is 21.3 Å². The van der Waals surface area contributed by atoms with E-state index in [4.69, 9.17) is 24.7 Å². The quantitative estimate of drug-likeness (QED) is 0.869. The number of ether oxygens (including phenoxy) is 4. The van der Waals surface area contributed by atoms with Gasteiger partial charge in [-0.15, -0.1) is 0 Å². The summed E-state index contributed by atoms with van der Waals surface area (Å²) >= 11 is 0. The van der Waals surface area contributed by atoms with E-state index in [1.54, 1.807) is 12.1 Å². The Morgan fingerprint density at radius 1 is 1.11 bits per heavy atom. The molecule has 7 heteroatoms. The molecule has 1 aromatic rings. The van der Waals surface area contributed by atoms with Crippen LogP contribution >= 0.6 is 0 Å². The number of methoxy groups -OCH3 is 3. The highest BCUT2D eigenvalue weighted by atomic mass is 16.5. The van der Waals surface area contributed by atoms with Crippen LogP contribution in [-0.4, -0.2) is 27.1 Å². The molecule has 7 nitrogen and oxygen atoms in total. The van der Waals surface area contributed by atoms with Crippen molar-refractivity contribution < 1.29 is 23.7 Å². The first kappa shape index (κ1) is 18.6. The first-order chi connectivity index (χ1) is 12.9. The zero-order valence-corrected chi connectivity index (χ0v) is 15.8. The molecule has 0 bridgehead atoms. The molecule has 0 saturated carbocycles. The summed E-state index contributed by atoms with van der Waals surface area (Å²) in [4.78, 5) is 12.9. The van der Waals surface area contributed by atoms with Crippen LogP contribution in [0.5, 0.6) is 17.2 Å². The van der Waals surface area contributed by atoms with Crippen molar-refractivity contribution in [1.82, 2.24) is 0 Å². The van der Waals surface area contributed by atoms with Crippen LogP contribution in [0.25, 0.3) is 0 Å². The highest BCUT2D eigenvalue weighted by Crippen LogP contribution is 2.49. The van der Waals surface area contributed by atoms with Crippen molar-refractivity contribution in [2.45, 2.75) is 25.7 Å². The smallest absolute Gasteiger partial charge is 0.205 e. The van der Waals surface area contributed by atoms with Gasteiger partial charge in [-0.1, -0.05) is 6.92 Å². The molecule has 1 aliphatic carbocycles. The average Bonchev–Trinajstić information content (AvgIpc) is 2.65. The second kappa shape index (κ2) is 7.23. The molecule has 2 N–H and O–H groups in total. The van der Waals surface area contributed by atoms with E-state index in [-0.39, 0.29) is 23.2 Å². The lowest BCUT2D eigenvalue weighted by Gasteiger charge is -2.33. The molecule has 0 aromatic heterocycles. The fourth-order valence-corrected chi connectivity index (χ4v) is 3.68. The van der Waals surface area contributed by atoms with Gasteiger partial charge in [0, 0.05) is 30.0 Å². The van der Waals surface area contributed by atoms with Crippen molar-refractivity contribution in [3.8, 4) is 23.3 Å². The number of rotatable bonds is 4. The normalized spacial score (nSPS) is 22.0. The number of carbonyl (C=O) groups excluding carboxylic acids is 1. The lowest BCUT2D eigenvalue weighted by Crippen LogP contribution is -2.30. The number of Topliss-reactive ketones (excluding diaryl/α,β-unsaturated/α-hetero) is 1. The summed E-state index contributed by atoms with van der Waals surface area (Å²) in [5.74, 6) is 1.39. The molecule has 0 unspecified atom stereocenters. The molecule has 2 aliphatic rings. The van der Waals surface area contributed by atoms with Crippen LogP contribution in [-0.2, 0) is 9.53 Å². The minimum absolute atomic E-state index is 0.0139. The molecule has 1 aliphatic heterocycles. The van der Waals surface area contributed by atoms with E-state index in [9.17, 15) is 10.1 Å². The van der Waals surface area contributed by atoms with Gasteiger partial charge in [0.05, 0.1) is 27.2 Å². The first-order valence-corrected chi connectivity index (χ1v) is 8.58. The van der Waals surface area contributed by atoms with Gasteiger partial charge in [0.1, 0.15) is 23.2 Å². The van der Waals surface area contributed by atoms with E-state index in [0.717, 1.165) is 0 Å². The second-order valence-corrected chi connectivity index (χ2v) is 6.65. The summed E-state index contributed by atoms with van der Waals surface area (Å²) in [7, 11) is 4.56. The molecule has 0 fully saturated rings. The van der Waals surface area contributed by atoms with Gasteiger partial charge in [-0.2, -0.15) is 5.26 Å². The molecular formula is C20H22N2O5. The molecule has 0 amide bonds. The molecule has 142 valence electrons. The van der Waals surface area contributed by atoms with Crippen LogP contribution in [0.1, 0.15) is 31.2 Å². The molecule has 0 spiro atoms. The lowest BCUT2D eigenvalue weighted by molar-refractivity contribution is -0.117. The van der Waals surface area contributed by atoms with Gasteiger partial charge in [-0.3, -0.25) is 4.79 Å². The van der Waals surface area contributed by atoms with Gasteiger partial charge in [0.2, 0.25) is 5.88 Å². The summed E-state index contributed by atoms with van der Waals surface area (Å²) in [6, 6.07) is 5.49. The van der Waals surface area contributed by atoms with Crippen LogP contribution in [0.3, 0.4) is 0 Å². The average molecular weight is 370 g/mol. The third kappa shape index (κ3) is 3.08. The zero-order valence-electron chi connectivity index (χ0n) is 15.8. The van der Waals surface area contributed by atoms with Crippen LogP contribution in [0, 0.1) is 17.2 Å². The third-order valence-electron chi connectivity index (χ3n) is 4.91. The molecule has 0 saturated heterocycles. The maximum absolute atomic E-state index is 12.9. The van der Waals surface area contributed by atoms with Gasteiger partial charge in [-0.25, -0.2) is 0 Å². The van der Waals surface area contributed by atoms with Crippen molar-refractivity contribution >= 4 is 5.78 Å². The van der Waals surface area contributed by atoms with Gasteiger partial charge in [-0.05, 0) is 12.0 Å². The van der Waals surface area contributed by atoms with Crippen molar-refractivity contribution in [3.05, 3.63) is 40.5 Å². The summed E-state index contributed by atoms with van der Waals surface area (Å²) in [6.45, 7) is 1.98. The van der Waals surface area contributed by atoms with E-state index in [2.05, 4.69) is 6.07 Å². The number of nitrogens with zero attached hydrogens (tertiary/aromatic N) is 1. The van der Waals surface area contributed by atoms with Crippen LogP contribution in [0.15, 0.2) is 34.9 Å². The van der Waals surface area contributed by atoms with Gasteiger partial charge in [0.25, 0.3) is 0 Å². The van der Waals surface area contributed by atoms with Crippen LogP contribution in [0.4, 0.5) is 0 Å². The Morgan fingerprint density at radius 3 is 2.33 bits per heavy atom. The minimum atomic E-state index is -0.673. The predicted molar refractivity (Wildman–Crippen MR) is 97.2 cm³/mol. The van der Waals surface area contributed by atoms with Crippen molar-refractivity contribution in [3.63, 3.8) is 0 Å². The van der Waals surface area contributed by atoms with Crippen molar-refractivity contribution in [1.29, 1.82) is 5.26 Å². The fraction of sp³-hybridized carbons (Fsp3) is 0.400. The molecule has 1 aromatic carbocycles. The summed E-state index contributed by atoms with van der Waals surface area (Å²) < 4.78 is 21.9. The maximum atomic E-state index is 12.9. The molecule has 3 rings (SSSR count). The Balaban J connectivity index is 2.27. The minimum Gasteiger partial charge on any atom is -0.496 e. The summed E-state index contributed by atoms with van der Waals surface area (Å²) in [6.07, 6.45) is 0.986. The van der Waals surface area contributed by atoms with Crippen LogP contribution < -0.4 is 19.9 Å². The predicted octanol–water partition coefficient (Wildman–Crippen LogP) is 2.77. The Hall–Kier alpha value is -3.14. The Bertz CT molecular complexity index is 894. The highest BCUT2D eigenvalue weighted by molar-refractivity contribution is 5.99. The highest BCUT2D eigenvalue weighted by Gasteiger charge is 2.41. The van der Waals surface area contributed by atoms with Gasteiger partial charge < -0.3 is 24.7 Å². The molecular weight excluding hydrogens is 348 g/mol. The van der Waals surface area contributed by atoms with Gasteiger partial charge >= 0.3 is 0 Å². The first-order valence-electron chi connectivity index (χ1n) is 8.58. The lowest BCUT2D eigenvalue weighted by atomic mass is 9.75. The number of hydrogen-bond donors (Lipinski definition) is 1. The Morgan fingerprint density at radius 2 is 1.74 bits per heavy atom. The summed E-state index contributed by atoms with van der Waals surface area (Å²) in [5, 5.41) is 9.71. The van der Waals surface area contributed by atoms with Gasteiger partial charge in [0.15, 0.2) is 17.3 Å². The van der Waals surface area contributed by atoms with Crippen molar-refractivity contribution in [2.24, 2.45) is 11.7 Å². The second-order valence-electron chi connectivity index (χ2n) is 6.65. The maximum Gasteiger partial charge on any atom is 0.205 e. The Kier molecular flexibility index (Phi) is 5.00. The topological polar surface area (TPSA) is 104 Å². The molecule has 0 radical (unpaired) electrons. The number of benzene rings is 1. The number of nitriles is 1. The Labute approximate surface area is 157 Å². The largest absolute Gasteiger partial charge is 0.496 e. The molecule has 1 heterocycles. The van der Waals surface area contributed by atoms with E-state index < -0.39 is 5.92 Å². The van der Waals surface area contributed by atoms with E-state index >= 15 is 0 Å². The molecule has 27 heavy (non-hydrogen) atoms. The number of allylic oxidation sites excluding steroid dienone is 3. The number of ketones is 1. The SMILES string of the molecule is COc1cc(OC)c([C@H]2C(C#N)=C(N)OC3=C2C(=O)C[C@@H](C)C3)cc1OC. The number of hydrogen-bond acceptors (Lipinski definition) is 7. The fourth-order valence-electron chi connectivity index (χ4n) is 3.68. The standard InChI is InChI=1S/C20H22N2O5/c1-10-5-13(23)19-17(6-10)27-20(22)12(9-21)18(19)11-7-15(25-3)16(26-4)8-14(11)24-2/h7-8,10,18H,5-6,22H2,1-4H3/t10-,18+/m1/s1. The van der Waals surface area contributed by atoms with Crippen LogP contribution in [0.2, 0.25) is 0 Å². The van der Waals surface area contributed by atoms with E-state index in [1.807, 2.05) is 6.92 Å².